The standard InChI is InChI=1S/C17H18F3NO/c1-12(2)21-15-6-8-16(9-7-15)22-11-13-4-3-5-14(10-13)17(18,19)20/h3-10,12,21H,11H2,1-2H3. The average molecular weight is 309 g/mol. The first-order valence-corrected chi connectivity index (χ1v) is 7.00. The number of anilines is 1. The van der Waals surface area contributed by atoms with Crippen molar-refractivity contribution in [3.63, 3.8) is 0 Å². The van der Waals surface area contributed by atoms with Gasteiger partial charge in [0.1, 0.15) is 12.4 Å². The van der Waals surface area contributed by atoms with Gasteiger partial charge in [-0.1, -0.05) is 12.1 Å². The van der Waals surface area contributed by atoms with Crippen molar-refractivity contribution in [3.8, 4) is 5.75 Å². The Morgan fingerprint density at radius 2 is 1.73 bits per heavy atom. The van der Waals surface area contributed by atoms with Gasteiger partial charge in [0.05, 0.1) is 5.56 Å². The highest BCUT2D eigenvalue weighted by Gasteiger charge is 2.30. The maximum Gasteiger partial charge on any atom is 0.416 e. The summed E-state index contributed by atoms with van der Waals surface area (Å²) in [5, 5.41) is 3.25. The van der Waals surface area contributed by atoms with Crippen molar-refractivity contribution in [2.45, 2.75) is 32.7 Å². The van der Waals surface area contributed by atoms with E-state index < -0.39 is 11.7 Å². The molecule has 0 bridgehead atoms. The Hall–Kier alpha value is -2.17. The van der Waals surface area contributed by atoms with E-state index in [1.165, 1.54) is 6.07 Å². The fourth-order valence-corrected chi connectivity index (χ4v) is 1.98. The van der Waals surface area contributed by atoms with E-state index in [1.54, 1.807) is 18.2 Å². The monoisotopic (exact) mass is 309 g/mol. The zero-order valence-electron chi connectivity index (χ0n) is 12.4. The summed E-state index contributed by atoms with van der Waals surface area (Å²) in [6.07, 6.45) is -4.33. The maximum absolute atomic E-state index is 12.6. The van der Waals surface area contributed by atoms with Gasteiger partial charge in [-0.25, -0.2) is 0 Å². The normalized spacial score (nSPS) is 11.5. The Morgan fingerprint density at radius 3 is 2.32 bits per heavy atom. The molecule has 0 aromatic heterocycles. The molecular weight excluding hydrogens is 291 g/mol. The highest BCUT2D eigenvalue weighted by molar-refractivity contribution is 5.46. The van der Waals surface area contributed by atoms with Crippen LogP contribution in [0.4, 0.5) is 18.9 Å². The van der Waals surface area contributed by atoms with E-state index in [-0.39, 0.29) is 6.61 Å². The molecule has 0 amide bonds. The Balaban J connectivity index is 1.98. The van der Waals surface area contributed by atoms with Crippen LogP contribution >= 0.6 is 0 Å². The minimum atomic E-state index is -4.33. The summed E-state index contributed by atoms with van der Waals surface area (Å²) in [6.45, 7) is 4.18. The maximum atomic E-state index is 12.6. The van der Waals surface area contributed by atoms with E-state index in [2.05, 4.69) is 5.32 Å². The number of hydrogen-bond acceptors (Lipinski definition) is 2. The predicted molar refractivity (Wildman–Crippen MR) is 81.0 cm³/mol. The molecule has 0 aliphatic heterocycles. The molecule has 0 saturated heterocycles. The molecule has 2 rings (SSSR count). The lowest BCUT2D eigenvalue weighted by Gasteiger charge is -2.12. The van der Waals surface area contributed by atoms with Crippen LogP contribution < -0.4 is 10.1 Å². The molecule has 0 aliphatic rings. The number of halogens is 3. The average Bonchev–Trinajstić information content (AvgIpc) is 2.45. The van der Waals surface area contributed by atoms with E-state index >= 15 is 0 Å². The Kier molecular flexibility index (Phi) is 4.96. The lowest BCUT2D eigenvalue weighted by molar-refractivity contribution is -0.137. The van der Waals surface area contributed by atoms with Gasteiger partial charge in [-0.05, 0) is 55.8 Å². The van der Waals surface area contributed by atoms with E-state index in [1.807, 2.05) is 26.0 Å². The number of alkyl halides is 3. The van der Waals surface area contributed by atoms with Gasteiger partial charge in [0.15, 0.2) is 0 Å². The van der Waals surface area contributed by atoms with Gasteiger partial charge in [-0.15, -0.1) is 0 Å². The van der Waals surface area contributed by atoms with Crippen LogP contribution in [0.1, 0.15) is 25.0 Å². The molecule has 0 heterocycles. The molecular formula is C17H18F3NO. The Labute approximate surface area is 127 Å². The third-order valence-corrected chi connectivity index (χ3v) is 2.97. The predicted octanol–water partition coefficient (Wildman–Crippen LogP) is 5.10. The van der Waals surface area contributed by atoms with Crippen LogP contribution in [0.15, 0.2) is 48.5 Å². The molecule has 0 spiro atoms. The molecule has 0 aliphatic carbocycles. The smallest absolute Gasteiger partial charge is 0.416 e. The SMILES string of the molecule is CC(C)Nc1ccc(OCc2cccc(C(F)(F)F)c2)cc1. The Bertz CT molecular complexity index is 606. The van der Waals surface area contributed by atoms with Gasteiger partial charge in [-0.3, -0.25) is 0 Å². The van der Waals surface area contributed by atoms with Crippen LogP contribution in [0, 0.1) is 0 Å². The summed E-state index contributed by atoms with van der Waals surface area (Å²) in [5.74, 6) is 0.617. The van der Waals surface area contributed by atoms with Crippen LogP contribution in [0.2, 0.25) is 0 Å². The van der Waals surface area contributed by atoms with E-state index in [9.17, 15) is 13.2 Å². The Morgan fingerprint density at radius 1 is 1.05 bits per heavy atom. The van der Waals surface area contributed by atoms with Gasteiger partial charge in [0.25, 0.3) is 0 Å². The molecule has 0 radical (unpaired) electrons. The minimum Gasteiger partial charge on any atom is -0.489 e. The zero-order valence-corrected chi connectivity index (χ0v) is 12.4. The molecule has 0 saturated carbocycles. The minimum absolute atomic E-state index is 0.0981. The highest BCUT2D eigenvalue weighted by Crippen LogP contribution is 2.29. The van der Waals surface area contributed by atoms with Crippen molar-refractivity contribution in [3.05, 3.63) is 59.7 Å². The van der Waals surface area contributed by atoms with Crippen LogP contribution in [-0.2, 0) is 12.8 Å². The topological polar surface area (TPSA) is 21.3 Å². The van der Waals surface area contributed by atoms with E-state index in [4.69, 9.17) is 4.74 Å². The summed E-state index contributed by atoms with van der Waals surface area (Å²) in [7, 11) is 0. The number of hydrogen-bond donors (Lipinski definition) is 1. The third-order valence-electron chi connectivity index (χ3n) is 2.97. The second-order valence-corrected chi connectivity index (χ2v) is 5.31. The summed E-state index contributed by atoms with van der Waals surface area (Å²) in [4.78, 5) is 0. The number of benzene rings is 2. The molecule has 1 N–H and O–H groups in total. The van der Waals surface area contributed by atoms with Crippen LogP contribution in [-0.4, -0.2) is 6.04 Å². The van der Waals surface area contributed by atoms with Gasteiger partial charge < -0.3 is 10.1 Å². The molecule has 0 fully saturated rings. The first-order valence-electron chi connectivity index (χ1n) is 7.00. The van der Waals surface area contributed by atoms with Crippen molar-refractivity contribution in [2.24, 2.45) is 0 Å². The van der Waals surface area contributed by atoms with Gasteiger partial charge in [0, 0.05) is 11.7 Å². The summed E-state index contributed by atoms with van der Waals surface area (Å²) >= 11 is 0. The molecule has 0 unspecified atom stereocenters. The molecule has 2 aromatic carbocycles. The molecule has 22 heavy (non-hydrogen) atoms. The van der Waals surface area contributed by atoms with Crippen LogP contribution in [0.3, 0.4) is 0 Å². The molecule has 0 atom stereocenters. The largest absolute Gasteiger partial charge is 0.489 e. The van der Waals surface area contributed by atoms with Gasteiger partial charge in [0.2, 0.25) is 0 Å². The van der Waals surface area contributed by atoms with Crippen molar-refractivity contribution in [1.29, 1.82) is 0 Å². The first kappa shape index (κ1) is 16.2. The molecule has 2 aromatic rings. The van der Waals surface area contributed by atoms with Crippen molar-refractivity contribution >= 4 is 5.69 Å². The van der Waals surface area contributed by atoms with Crippen molar-refractivity contribution < 1.29 is 17.9 Å². The second kappa shape index (κ2) is 6.73. The molecule has 5 heteroatoms. The van der Waals surface area contributed by atoms with E-state index in [0.29, 0.717) is 17.4 Å². The fourth-order valence-electron chi connectivity index (χ4n) is 1.98. The van der Waals surface area contributed by atoms with E-state index in [0.717, 1.165) is 17.8 Å². The quantitative estimate of drug-likeness (QED) is 0.829. The third kappa shape index (κ3) is 4.69. The first-order chi connectivity index (χ1) is 10.3. The lowest BCUT2D eigenvalue weighted by Crippen LogP contribution is -2.09. The summed E-state index contributed by atoms with van der Waals surface area (Å²) in [6, 6.07) is 12.8. The number of nitrogens with one attached hydrogen (secondary N) is 1. The molecule has 118 valence electrons. The molecule has 2 nitrogen and oxygen atoms in total. The zero-order chi connectivity index (χ0) is 16.2. The summed E-state index contributed by atoms with van der Waals surface area (Å²) in [5.41, 5.74) is 0.797. The van der Waals surface area contributed by atoms with Crippen LogP contribution in [0.25, 0.3) is 0 Å². The highest BCUT2D eigenvalue weighted by atomic mass is 19.4. The lowest BCUT2D eigenvalue weighted by atomic mass is 10.1. The number of ether oxygens (including phenoxy) is 1. The number of rotatable bonds is 5. The van der Waals surface area contributed by atoms with Gasteiger partial charge in [-0.2, -0.15) is 13.2 Å². The van der Waals surface area contributed by atoms with Crippen molar-refractivity contribution in [1.82, 2.24) is 0 Å². The fraction of sp³-hybridized carbons (Fsp3) is 0.294. The van der Waals surface area contributed by atoms with Gasteiger partial charge >= 0.3 is 6.18 Å². The summed E-state index contributed by atoms with van der Waals surface area (Å²) < 4.78 is 43.4. The van der Waals surface area contributed by atoms with Crippen LogP contribution in [0.5, 0.6) is 5.75 Å². The van der Waals surface area contributed by atoms with Crippen molar-refractivity contribution in [2.75, 3.05) is 5.32 Å². The second-order valence-electron chi connectivity index (χ2n) is 5.31.